The summed E-state index contributed by atoms with van der Waals surface area (Å²) in [6, 6.07) is 0. The van der Waals surface area contributed by atoms with Crippen LogP contribution in [-0.2, 0) is 9.53 Å². The Balaban J connectivity index is 0.00000121. The van der Waals surface area contributed by atoms with Crippen LogP contribution in [0.4, 0.5) is 4.79 Å². The van der Waals surface area contributed by atoms with Crippen molar-refractivity contribution in [2.24, 2.45) is 5.92 Å². The van der Waals surface area contributed by atoms with Gasteiger partial charge in [0, 0.05) is 19.0 Å². The summed E-state index contributed by atoms with van der Waals surface area (Å²) in [6.45, 7) is 11.0. The van der Waals surface area contributed by atoms with Crippen molar-refractivity contribution < 1.29 is 14.3 Å². The molecule has 17 heavy (non-hydrogen) atoms. The molecule has 0 radical (unpaired) electrons. The molecule has 1 aliphatic heterocycles. The Kier molecular flexibility index (Phi) is 6.80. The van der Waals surface area contributed by atoms with Crippen molar-refractivity contribution >= 4 is 12.4 Å². The van der Waals surface area contributed by atoms with Crippen molar-refractivity contribution in [3.8, 4) is 0 Å². The molecule has 0 aliphatic carbocycles. The quantitative estimate of drug-likeness (QED) is 0.712. The zero-order chi connectivity index (χ0) is 13.5. The first kappa shape index (κ1) is 15.9. The summed E-state index contributed by atoms with van der Waals surface area (Å²) in [6.07, 6.45) is 0.491. The normalized spacial score (nSPS) is 20.1. The fraction of sp³-hybridized carbons (Fsp3) is 0.833. The maximum absolute atomic E-state index is 11.6. The van der Waals surface area contributed by atoms with Crippen LogP contribution in [0.2, 0.25) is 0 Å². The van der Waals surface area contributed by atoms with Gasteiger partial charge in [-0.2, -0.15) is 0 Å². The highest BCUT2D eigenvalue weighted by Gasteiger charge is 2.26. The van der Waals surface area contributed by atoms with E-state index in [1.165, 1.54) is 4.90 Å². The van der Waals surface area contributed by atoms with Gasteiger partial charge in [0.25, 0.3) is 0 Å². The number of nitrogens with one attached hydrogen (secondary N) is 1. The minimum atomic E-state index is -0.495. The van der Waals surface area contributed by atoms with Crippen molar-refractivity contribution in [2.75, 3.05) is 19.8 Å². The lowest BCUT2D eigenvalue weighted by Crippen LogP contribution is -2.51. The van der Waals surface area contributed by atoms with Gasteiger partial charge in [-0.15, -0.1) is 0 Å². The summed E-state index contributed by atoms with van der Waals surface area (Å²) in [5.41, 5.74) is -0.495. The molecule has 0 bridgehead atoms. The van der Waals surface area contributed by atoms with E-state index < -0.39 is 5.60 Å². The number of hydrogen-bond donors (Lipinski definition) is 1. The predicted octanol–water partition coefficient (Wildman–Crippen LogP) is 1.63. The van der Waals surface area contributed by atoms with Crippen molar-refractivity contribution in [3.05, 3.63) is 0 Å². The van der Waals surface area contributed by atoms with E-state index in [2.05, 4.69) is 5.32 Å². The van der Waals surface area contributed by atoms with Crippen LogP contribution in [0.1, 0.15) is 34.6 Å². The fourth-order valence-corrected chi connectivity index (χ4v) is 1.35. The van der Waals surface area contributed by atoms with Gasteiger partial charge in [0.1, 0.15) is 11.9 Å². The van der Waals surface area contributed by atoms with E-state index in [0.29, 0.717) is 19.8 Å². The van der Waals surface area contributed by atoms with Gasteiger partial charge in [0.2, 0.25) is 0 Å². The van der Waals surface area contributed by atoms with Crippen molar-refractivity contribution in [1.29, 1.82) is 0 Å². The molecule has 1 atom stereocenters. The molecule has 5 nitrogen and oxygen atoms in total. The second-order valence-electron chi connectivity index (χ2n) is 4.71. The molecule has 1 fully saturated rings. The molecule has 0 saturated carbocycles. The maximum atomic E-state index is 11.6. The molecule has 0 spiro atoms. The van der Waals surface area contributed by atoms with E-state index in [1.54, 1.807) is 0 Å². The third-order valence-corrected chi connectivity index (χ3v) is 2.01. The Morgan fingerprint density at radius 1 is 1.41 bits per heavy atom. The molecule has 5 heteroatoms. The van der Waals surface area contributed by atoms with Crippen molar-refractivity contribution in [2.45, 2.75) is 40.2 Å². The van der Waals surface area contributed by atoms with E-state index >= 15 is 0 Å². The molecule has 1 unspecified atom stereocenters. The van der Waals surface area contributed by atoms with E-state index in [1.807, 2.05) is 34.6 Å². The van der Waals surface area contributed by atoms with Crippen LogP contribution >= 0.6 is 0 Å². The Morgan fingerprint density at radius 2 is 2.00 bits per heavy atom. The Labute approximate surface area is 103 Å². The number of carbonyl (C=O) groups is 2. The summed E-state index contributed by atoms with van der Waals surface area (Å²) < 4.78 is 5.20. The predicted molar refractivity (Wildman–Crippen MR) is 66.7 cm³/mol. The minimum Gasteiger partial charge on any atom is -0.444 e. The lowest BCUT2D eigenvalue weighted by molar-refractivity contribution is -0.112. The number of ether oxygens (including phenoxy) is 1. The first-order chi connectivity index (χ1) is 7.92. The van der Waals surface area contributed by atoms with Gasteiger partial charge in [-0.05, 0) is 20.8 Å². The molecule has 1 heterocycles. The van der Waals surface area contributed by atoms with Gasteiger partial charge in [-0.25, -0.2) is 4.79 Å². The molecule has 1 saturated heterocycles. The zero-order valence-electron chi connectivity index (χ0n) is 11.4. The second-order valence-corrected chi connectivity index (χ2v) is 4.71. The zero-order valence-corrected chi connectivity index (χ0v) is 11.4. The number of nitrogens with zero attached hydrogens (tertiary/aromatic N) is 1. The van der Waals surface area contributed by atoms with Gasteiger partial charge in [0.15, 0.2) is 0 Å². The highest BCUT2D eigenvalue weighted by molar-refractivity contribution is 5.69. The van der Waals surface area contributed by atoms with Gasteiger partial charge in [-0.1, -0.05) is 13.8 Å². The Morgan fingerprint density at radius 3 is 2.47 bits per heavy atom. The third kappa shape index (κ3) is 6.26. The standard InChI is InChI=1S/C10H18N2O3.C2H6/c1-10(2,3)15-9(14)12-5-8(6-13)4-11-7-12;1-2/h6,8,11H,4-5,7H2,1-3H3;1-2H3. The Hall–Kier alpha value is -1.10. The van der Waals surface area contributed by atoms with E-state index in [-0.39, 0.29) is 12.0 Å². The second kappa shape index (κ2) is 7.27. The molecule has 100 valence electrons. The molecule has 0 aromatic heterocycles. The molecular formula is C12H24N2O3. The summed E-state index contributed by atoms with van der Waals surface area (Å²) in [5, 5.41) is 3.00. The van der Waals surface area contributed by atoms with Gasteiger partial charge >= 0.3 is 6.09 Å². The number of aldehydes is 1. The largest absolute Gasteiger partial charge is 0.444 e. The van der Waals surface area contributed by atoms with Gasteiger partial charge in [0.05, 0.1) is 6.67 Å². The average Bonchev–Trinajstić information content (AvgIpc) is 2.29. The van der Waals surface area contributed by atoms with Crippen molar-refractivity contribution in [1.82, 2.24) is 10.2 Å². The van der Waals surface area contributed by atoms with Gasteiger partial charge in [-0.3, -0.25) is 10.2 Å². The van der Waals surface area contributed by atoms with Crippen LogP contribution in [0, 0.1) is 5.92 Å². The SMILES string of the molecule is CC.CC(C)(C)OC(=O)N1CNCC(C=O)C1. The average molecular weight is 244 g/mol. The molecular weight excluding hydrogens is 220 g/mol. The van der Waals surface area contributed by atoms with E-state index in [4.69, 9.17) is 4.74 Å². The molecule has 1 amide bonds. The summed E-state index contributed by atoms with van der Waals surface area (Å²) in [7, 11) is 0. The van der Waals surface area contributed by atoms with Crippen LogP contribution in [0.25, 0.3) is 0 Å². The highest BCUT2D eigenvalue weighted by Crippen LogP contribution is 2.11. The molecule has 0 aromatic carbocycles. The number of carbonyl (C=O) groups excluding carboxylic acids is 2. The molecule has 1 aliphatic rings. The Bertz CT molecular complexity index is 249. The van der Waals surface area contributed by atoms with Crippen LogP contribution in [0.5, 0.6) is 0 Å². The fourth-order valence-electron chi connectivity index (χ4n) is 1.35. The van der Waals surface area contributed by atoms with E-state index in [0.717, 1.165) is 6.29 Å². The topological polar surface area (TPSA) is 58.6 Å². The first-order valence-corrected chi connectivity index (χ1v) is 6.06. The van der Waals surface area contributed by atoms with Crippen LogP contribution < -0.4 is 5.32 Å². The number of rotatable bonds is 1. The monoisotopic (exact) mass is 244 g/mol. The minimum absolute atomic E-state index is 0.133. The first-order valence-electron chi connectivity index (χ1n) is 6.06. The molecule has 1 N–H and O–H groups in total. The van der Waals surface area contributed by atoms with Crippen LogP contribution in [-0.4, -0.2) is 42.6 Å². The number of hydrogen-bond acceptors (Lipinski definition) is 4. The summed E-state index contributed by atoms with van der Waals surface area (Å²) in [5.74, 6) is -0.133. The molecule has 1 rings (SSSR count). The van der Waals surface area contributed by atoms with Crippen molar-refractivity contribution in [3.63, 3.8) is 0 Å². The maximum Gasteiger partial charge on any atom is 0.411 e. The lowest BCUT2D eigenvalue weighted by Gasteiger charge is -2.32. The van der Waals surface area contributed by atoms with Gasteiger partial charge < -0.3 is 9.53 Å². The number of amides is 1. The van der Waals surface area contributed by atoms with Crippen LogP contribution in [0.3, 0.4) is 0 Å². The third-order valence-electron chi connectivity index (χ3n) is 2.01. The summed E-state index contributed by atoms with van der Waals surface area (Å²) in [4.78, 5) is 23.7. The highest BCUT2D eigenvalue weighted by atomic mass is 16.6. The van der Waals surface area contributed by atoms with E-state index in [9.17, 15) is 9.59 Å². The van der Waals surface area contributed by atoms with Crippen LogP contribution in [0.15, 0.2) is 0 Å². The smallest absolute Gasteiger partial charge is 0.411 e. The molecule has 0 aromatic rings. The lowest BCUT2D eigenvalue weighted by atomic mass is 10.1. The summed E-state index contributed by atoms with van der Waals surface area (Å²) >= 11 is 0.